The molecule has 0 saturated carbocycles. The van der Waals surface area contributed by atoms with Gasteiger partial charge in [0.15, 0.2) is 5.82 Å². The Balaban J connectivity index is 1.40. The molecule has 2 heterocycles. The number of benzene rings is 5. The van der Waals surface area contributed by atoms with E-state index < -0.39 is 5.54 Å². The second kappa shape index (κ2) is 14.6. The van der Waals surface area contributed by atoms with Gasteiger partial charge in [-0.1, -0.05) is 140 Å². The summed E-state index contributed by atoms with van der Waals surface area (Å²) in [5.41, 5.74) is 4.41. The summed E-state index contributed by atoms with van der Waals surface area (Å²) in [7, 11) is 0. The van der Waals surface area contributed by atoms with Crippen LogP contribution in [-0.4, -0.2) is 51.9 Å². The molecule has 6 aromatic rings. The summed E-state index contributed by atoms with van der Waals surface area (Å²) >= 11 is 13.5. The van der Waals surface area contributed by atoms with Crippen molar-refractivity contribution in [2.45, 2.75) is 32.2 Å². The minimum absolute atomic E-state index is 0.0477. The molecule has 1 aliphatic rings. The van der Waals surface area contributed by atoms with Gasteiger partial charge >= 0.3 is 0 Å². The molecule has 0 unspecified atom stereocenters. The van der Waals surface area contributed by atoms with E-state index in [1.807, 2.05) is 48.5 Å². The monoisotopic (exact) mass is 716 g/mol. The molecule has 1 saturated heterocycles. The van der Waals surface area contributed by atoms with Crippen LogP contribution >= 0.6 is 23.2 Å². The lowest BCUT2D eigenvalue weighted by Crippen LogP contribution is -2.43. The van der Waals surface area contributed by atoms with E-state index in [-0.39, 0.29) is 23.8 Å². The Morgan fingerprint density at radius 1 is 0.784 bits per heavy atom. The Hall–Kier alpha value is -4.46. The van der Waals surface area contributed by atoms with E-state index in [1.165, 1.54) is 0 Å². The molecule has 0 bridgehead atoms. The molecule has 0 radical (unpaired) electrons. The van der Waals surface area contributed by atoms with Gasteiger partial charge in [-0.2, -0.15) is 5.10 Å². The van der Waals surface area contributed by atoms with Crippen molar-refractivity contribution in [1.29, 1.82) is 0 Å². The summed E-state index contributed by atoms with van der Waals surface area (Å²) in [6.07, 6.45) is 1.46. The normalized spacial score (nSPS) is 14.5. The second-order valence-corrected chi connectivity index (χ2v) is 15.1. The molecule has 0 aliphatic carbocycles. The third-order valence-corrected chi connectivity index (χ3v) is 10.7. The molecular formula is C43H42Cl2N4O2. The number of carbonyl (C=O) groups excluding carboxylic acids is 1. The van der Waals surface area contributed by atoms with Crippen LogP contribution in [0.4, 0.5) is 5.82 Å². The quantitative estimate of drug-likeness (QED) is 0.139. The third kappa shape index (κ3) is 6.82. The van der Waals surface area contributed by atoms with Crippen molar-refractivity contribution in [1.82, 2.24) is 14.7 Å². The number of rotatable bonds is 10. The molecule has 5 aromatic carbocycles. The van der Waals surface area contributed by atoms with Gasteiger partial charge in [0, 0.05) is 45.5 Å². The summed E-state index contributed by atoms with van der Waals surface area (Å²) in [6.45, 7) is 6.65. The standard InChI is InChI=1S/C43H42Cl2N4O2/c1-42(2,29-50)28-48-25-23-30(24-26-48)41(51)46-40-35-27-31(39-36(44)19-12-20-37(39)45)21-22-38(35)49(47-40)43(32-13-6-3-7-14-32,33-15-8-4-9-16-33)34-17-10-5-11-18-34/h3-22,27,30,50H,23-26,28-29H2,1-2H3,(H,46,47,51). The number of aliphatic hydroxyl groups excluding tert-OH is 1. The zero-order chi connectivity index (χ0) is 35.6. The number of piperidine rings is 1. The number of halogens is 2. The summed E-state index contributed by atoms with van der Waals surface area (Å²) in [5.74, 6) is 0.270. The Kier molecular flexibility index (Phi) is 10.0. The Labute approximate surface area is 309 Å². The van der Waals surface area contributed by atoms with E-state index in [2.05, 4.69) is 108 Å². The Bertz CT molecular complexity index is 2010. The summed E-state index contributed by atoms with van der Waals surface area (Å²) in [5, 5.41) is 20.3. The second-order valence-electron chi connectivity index (χ2n) is 14.3. The van der Waals surface area contributed by atoms with Crippen LogP contribution in [0.3, 0.4) is 0 Å². The van der Waals surface area contributed by atoms with Gasteiger partial charge in [-0.25, -0.2) is 4.68 Å². The molecular weight excluding hydrogens is 675 g/mol. The largest absolute Gasteiger partial charge is 0.396 e. The highest BCUT2D eigenvalue weighted by Gasteiger charge is 2.41. The van der Waals surface area contributed by atoms with E-state index in [4.69, 9.17) is 28.3 Å². The first-order valence-electron chi connectivity index (χ1n) is 17.5. The molecule has 6 nitrogen and oxygen atoms in total. The van der Waals surface area contributed by atoms with Gasteiger partial charge < -0.3 is 15.3 Å². The lowest BCUT2D eigenvalue weighted by Gasteiger charge is -2.37. The minimum atomic E-state index is -0.889. The Morgan fingerprint density at radius 2 is 1.31 bits per heavy atom. The molecule has 260 valence electrons. The lowest BCUT2D eigenvalue weighted by atomic mass is 9.77. The van der Waals surface area contributed by atoms with Crippen LogP contribution in [-0.2, 0) is 10.3 Å². The minimum Gasteiger partial charge on any atom is -0.396 e. The van der Waals surface area contributed by atoms with Crippen LogP contribution in [0.2, 0.25) is 10.0 Å². The number of hydrogen-bond donors (Lipinski definition) is 2. The van der Waals surface area contributed by atoms with Gasteiger partial charge in [0.2, 0.25) is 5.91 Å². The highest BCUT2D eigenvalue weighted by atomic mass is 35.5. The van der Waals surface area contributed by atoms with Crippen molar-refractivity contribution in [3.8, 4) is 11.1 Å². The fourth-order valence-electron chi connectivity index (χ4n) is 7.53. The first kappa shape index (κ1) is 35.0. The average molecular weight is 718 g/mol. The van der Waals surface area contributed by atoms with Crippen molar-refractivity contribution >= 4 is 45.8 Å². The lowest BCUT2D eigenvalue weighted by molar-refractivity contribution is -0.121. The van der Waals surface area contributed by atoms with Crippen LogP contribution in [0, 0.1) is 11.3 Å². The number of nitrogens with zero attached hydrogens (tertiary/aromatic N) is 3. The molecule has 51 heavy (non-hydrogen) atoms. The number of aromatic nitrogens is 2. The number of amides is 1. The number of carbonyl (C=O) groups is 1. The summed E-state index contributed by atoms with van der Waals surface area (Å²) in [6, 6.07) is 42.8. The topological polar surface area (TPSA) is 70.4 Å². The highest BCUT2D eigenvalue weighted by Crippen LogP contribution is 2.45. The number of nitrogens with one attached hydrogen (secondary N) is 1. The molecule has 0 spiro atoms. The molecule has 0 atom stereocenters. The van der Waals surface area contributed by atoms with Crippen molar-refractivity contribution < 1.29 is 9.90 Å². The van der Waals surface area contributed by atoms with Gasteiger partial charge in [-0.05, 0) is 72.5 Å². The first-order chi connectivity index (χ1) is 24.7. The van der Waals surface area contributed by atoms with Crippen molar-refractivity contribution in [3.63, 3.8) is 0 Å². The van der Waals surface area contributed by atoms with Gasteiger partial charge in [0.05, 0.1) is 5.52 Å². The summed E-state index contributed by atoms with van der Waals surface area (Å²) in [4.78, 5) is 16.5. The SMILES string of the molecule is CC(C)(CO)CN1CCC(C(=O)Nc2nn(C(c3ccccc3)(c3ccccc3)c3ccccc3)c3ccc(-c4c(Cl)cccc4Cl)cc23)CC1. The van der Waals surface area contributed by atoms with Gasteiger partial charge in [0.1, 0.15) is 5.54 Å². The van der Waals surface area contributed by atoms with Crippen molar-refractivity contribution in [2.24, 2.45) is 11.3 Å². The zero-order valence-electron chi connectivity index (χ0n) is 28.9. The van der Waals surface area contributed by atoms with Crippen molar-refractivity contribution in [3.05, 3.63) is 154 Å². The maximum Gasteiger partial charge on any atom is 0.228 e. The number of anilines is 1. The van der Waals surface area contributed by atoms with E-state index in [1.54, 1.807) is 0 Å². The molecule has 1 amide bonds. The molecule has 2 N–H and O–H groups in total. The van der Waals surface area contributed by atoms with Crippen molar-refractivity contribution in [2.75, 3.05) is 31.6 Å². The predicted octanol–water partition coefficient (Wildman–Crippen LogP) is 9.52. The van der Waals surface area contributed by atoms with Gasteiger partial charge in [-0.15, -0.1) is 0 Å². The van der Waals surface area contributed by atoms with Gasteiger partial charge in [0.25, 0.3) is 0 Å². The van der Waals surface area contributed by atoms with E-state index in [0.717, 1.165) is 71.2 Å². The maximum absolute atomic E-state index is 14.1. The van der Waals surface area contributed by atoms with Crippen LogP contribution in [0.5, 0.6) is 0 Å². The molecule has 1 aromatic heterocycles. The number of hydrogen-bond acceptors (Lipinski definition) is 4. The number of likely N-dealkylation sites (tertiary alicyclic amines) is 1. The van der Waals surface area contributed by atoms with Crippen LogP contribution in [0.1, 0.15) is 43.4 Å². The number of aliphatic hydroxyl groups is 1. The smallest absolute Gasteiger partial charge is 0.228 e. The summed E-state index contributed by atoms with van der Waals surface area (Å²) < 4.78 is 2.06. The fourth-order valence-corrected chi connectivity index (χ4v) is 8.14. The van der Waals surface area contributed by atoms with E-state index in [9.17, 15) is 9.90 Å². The molecule has 8 heteroatoms. The van der Waals surface area contributed by atoms with Crippen LogP contribution in [0.25, 0.3) is 22.0 Å². The fraction of sp³-hybridized carbons (Fsp3) is 0.256. The first-order valence-corrected chi connectivity index (χ1v) is 18.3. The molecule has 1 fully saturated rings. The third-order valence-electron chi connectivity index (χ3n) is 10.1. The van der Waals surface area contributed by atoms with E-state index in [0.29, 0.717) is 15.9 Å². The molecule has 7 rings (SSSR count). The maximum atomic E-state index is 14.1. The highest BCUT2D eigenvalue weighted by molar-refractivity contribution is 6.39. The number of fused-ring (bicyclic) bond motifs is 1. The zero-order valence-corrected chi connectivity index (χ0v) is 30.4. The Morgan fingerprint density at radius 3 is 1.82 bits per heavy atom. The van der Waals surface area contributed by atoms with E-state index >= 15 is 0 Å². The predicted molar refractivity (Wildman–Crippen MR) is 208 cm³/mol. The van der Waals surface area contributed by atoms with Gasteiger partial charge in [-0.3, -0.25) is 4.79 Å². The van der Waals surface area contributed by atoms with Crippen LogP contribution < -0.4 is 5.32 Å². The average Bonchev–Trinajstić information content (AvgIpc) is 3.50. The molecule has 1 aliphatic heterocycles. The van der Waals surface area contributed by atoms with Crippen LogP contribution in [0.15, 0.2) is 127 Å².